The van der Waals surface area contributed by atoms with Crippen molar-refractivity contribution in [3.63, 3.8) is 0 Å². The molecule has 0 aliphatic carbocycles. The van der Waals surface area contributed by atoms with E-state index in [0.29, 0.717) is 5.69 Å². The van der Waals surface area contributed by atoms with Gasteiger partial charge in [-0.3, -0.25) is 9.78 Å². The van der Waals surface area contributed by atoms with E-state index in [9.17, 15) is 4.79 Å². The molecule has 104 valence electrons. The van der Waals surface area contributed by atoms with Gasteiger partial charge in [-0.1, -0.05) is 18.2 Å². The maximum atomic E-state index is 11.9. The van der Waals surface area contributed by atoms with Gasteiger partial charge in [-0.15, -0.1) is 0 Å². The van der Waals surface area contributed by atoms with Crippen LogP contribution in [0.5, 0.6) is 0 Å². The number of hydrogen-bond acceptors (Lipinski definition) is 3. The number of carbonyl (C=O) groups is 1. The van der Waals surface area contributed by atoms with Gasteiger partial charge in [0.25, 0.3) is 5.91 Å². The summed E-state index contributed by atoms with van der Waals surface area (Å²) in [7, 11) is 0. The number of para-hydroxylation sites is 1. The van der Waals surface area contributed by atoms with Crippen LogP contribution >= 0.6 is 0 Å². The Morgan fingerprint density at radius 2 is 1.95 bits per heavy atom. The summed E-state index contributed by atoms with van der Waals surface area (Å²) in [5, 5.41) is 6.13. The third-order valence-corrected chi connectivity index (χ3v) is 2.84. The van der Waals surface area contributed by atoms with Gasteiger partial charge in [0.1, 0.15) is 5.69 Å². The maximum Gasteiger partial charge on any atom is 0.270 e. The second-order valence-corrected chi connectivity index (χ2v) is 5.00. The van der Waals surface area contributed by atoms with Crippen LogP contribution in [0.15, 0.2) is 42.6 Å². The molecule has 1 amide bonds. The number of aromatic nitrogens is 1. The molecule has 2 N–H and O–H groups in total. The number of anilines is 2. The van der Waals surface area contributed by atoms with E-state index in [4.69, 9.17) is 0 Å². The van der Waals surface area contributed by atoms with E-state index in [1.165, 1.54) is 0 Å². The van der Waals surface area contributed by atoms with Gasteiger partial charge in [-0.25, -0.2) is 0 Å². The minimum atomic E-state index is -0.159. The van der Waals surface area contributed by atoms with Crippen LogP contribution in [0.4, 0.5) is 11.4 Å². The molecule has 0 spiro atoms. The lowest BCUT2D eigenvalue weighted by atomic mass is 10.2. The number of amides is 1. The van der Waals surface area contributed by atoms with Crippen molar-refractivity contribution in [1.82, 2.24) is 10.3 Å². The summed E-state index contributed by atoms with van der Waals surface area (Å²) in [6.45, 7) is 5.89. The first-order chi connectivity index (χ1) is 9.56. The van der Waals surface area contributed by atoms with Gasteiger partial charge in [0, 0.05) is 23.6 Å². The number of carbonyl (C=O) groups excluding carboxylic acids is 1. The van der Waals surface area contributed by atoms with Gasteiger partial charge < -0.3 is 10.6 Å². The monoisotopic (exact) mass is 269 g/mol. The van der Waals surface area contributed by atoms with Crippen LogP contribution in [0, 0.1) is 6.92 Å². The molecule has 0 unspecified atom stereocenters. The molecule has 1 aromatic heterocycles. The van der Waals surface area contributed by atoms with Crippen molar-refractivity contribution < 1.29 is 4.79 Å². The summed E-state index contributed by atoms with van der Waals surface area (Å²) < 4.78 is 0. The van der Waals surface area contributed by atoms with Gasteiger partial charge in [0.05, 0.1) is 0 Å². The molecule has 0 aliphatic rings. The van der Waals surface area contributed by atoms with Crippen LogP contribution in [-0.4, -0.2) is 16.9 Å². The van der Waals surface area contributed by atoms with Gasteiger partial charge >= 0.3 is 0 Å². The minimum absolute atomic E-state index is 0.0947. The second kappa shape index (κ2) is 6.19. The summed E-state index contributed by atoms with van der Waals surface area (Å²) in [6, 6.07) is 11.7. The predicted molar refractivity (Wildman–Crippen MR) is 81.3 cm³/mol. The normalized spacial score (nSPS) is 10.4. The van der Waals surface area contributed by atoms with Crippen molar-refractivity contribution in [1.29, 1.82) is 0 Å². The number of hydrogen-bond donors (Lipinski definition) is 2. The van der Waals surface area contributed by atoms with Crippen molar-refractivity contribution in [2.45, 2.75) is 26.8 Å². The Bertz CT molecular complexity index is 608. The second-order valence-electron chi connectivity index (χ2n) is 5.00. The first-order valence-corrected chi connectivity index (χ1v) is 6.66. The molecule has 0 aliphatic heterocycles. The first kappa shape index (κ1) is 14.1. The van der Waals surface area contributed by atoms with Crippen molar-refractivity contribution in [2.75, 3.05) is 5.32 Å². The number of nitrogens with zero attached hydrogens (tertiary/aromatic N) is 1. The maximum absolute atomic E-state index is 11.9. The lowest BCUT2D eigenvalue weighted by molar-refractivity contribution is 0.0938. The van der Waals surface area contributed by atoms with E-state index < -0.39 is 0 Å². The minimum Gasteiger partial charge on any atom is -0.355 e. The molecule has 1 heterocycles. The molecule has 0 saturated carbocycles. The number of aryl methyl sites for hydroxylation is 1. The van der Waals surface area contributed by atoms with E-state index in [1.807, 2.05) is 51.1 Å². The summed E-state index contributed by atoms with van der Waals surface area (Å²) in [5.41, 5.74) is 3.44. The summed E-state index contributed by atoms with van der Waals surface area (Å²) in [6.07, 6.45) is 1.63. The Balaban J connectivity index is 2.18. The third kappa shape index (κ3) is 3.57. The Hall–Kier alpha value is -2.36. The number of nitrogens with one attached hydrogen (secondary N) is 2. The van der Waals surface area contributed by atoms with Gasteiger partial charge in [0.2, 0.25) is 0 Å². The van der Waals surface area contributed by atoms with Crippen molar-refractivity contribution in [2.24, 2.45) is 0 Å². The highest BCUT2D eigenvalue weighted by atomic mass is 16.1. The summed E-state index contributed by atoms with van der Waals surface area (Å²) in [4.78, 5) is 16.0. The number of rotatable bonds is 4. The molecule has 0 bridgehead atoms. The average Bonchev–Trinajstić information content (AvgIpc) is 2.41. The van der Waals surface area contributed by atoms with Crippen LogP contribution in [0.2, 0.25) is 0 Å². The van der Waals surface area contributed by atoms with Gasteiger partial charge in [0.15, 0.2) is 0 Å². The zero-order valence-corrected chi connectivity index (χ0v) is 12.0. The molecule has 0 fully saturated rings. The molecule has 0 radical (unpaired) electrons. The van der Waals surface area contributed by atoms with Gasteiger partial charge in [-0.05, 0) is 44.5 Å². The smallest absolute Gasteiger partial charge is 0.270 e. The molecule has 2 aromatic rings. The van der Waals surface area contributed by atoms with Crippen LogP contribution in [0.3, 0.4) is 0 Å². The molecule has 0 saturated heterocycles. The zero-order chi connectivity index (χ0) is 14.5. The third-order valence-electron chi connectivity index (χ3n) is 2.84. The molecule has 2 rings (SSSR count). The van der Waals surface area contributed by atoms with Crippen molar-refractivity contribution in [3.05, 3.63) is 53.9 Å². The van der Waals surface area contributed by atoms with Crippen LogP contribution in [0.25, 0.3) is 0 Å². The fourth-order valence-corrected chi connectivity index (χ4v) is 1.84. The average molecular weight is 269 g/mol. The fourth-order valence-electron chi connectivity index (χ4n) is 1.84. The summed E-state index contributed by atoms with van der Waals surface area (Å²) in [5.74, 6) is -0.159. The molecular formula is C16H19N3O. The SMILES string of the molecule is Cc1ccccc1Nc1ccnc(C(=O)NC(C)C)c1. The number of pyridine rings is 1. The highest BCUT2D eigenvalue weighted by Gasteiger charge is 2.09. The molecule has 20 heavy (non-hydrogen) atoms. The molecule has 4 heteroatoms. The highest BCUT2D eigenvalue weighted by molar-refractivity contribution is 5.93. The predicted octanol–water partition coefficient (Wildman–Crippen LogP) is 3.27. The number of benzene rings is 1. The quantitative estimate of drug-likeness (QED) is 0.895. The lowest BCUT2D eigenvalue weighted by Crippen LogP contribution is -2.30. The lowest BCUT2D eigenvalue weighted by Gasteiger charge is -2.11. The largest absolute Gasteiger partial charge is 0.355 e. The Kier molecular flexibility index (Phi) is 4.35. The van der Waals surface area contributed by atoms with Crippen molar-refractivity contribution >= 4 is 17.3 Å². The van der Waals surface area contributed by atoms with E-state index >= 15 is 0 Å². The zero-order valence-electron chi connectivity index (χ0n) is 12.0. The van der Waals surface area contributed by atoms with Crippen LogP contribution < -0.4 is 10.6 Å². The first-order valence-electron chi connectivity index (χ1n) is 6.66. The summed E-state index contributed by atoms with van der Waals surface area (Å²) >= 11 is 0. The standard InChI is InChI=1S/C16H19N3O/c1-11(2)18-16(20)15-10-13(8-9-17-15)19-14-7-5-4-6-12(14)3/h4-11H,1-3H3,(H,17,19)(H,18,20). The van der Waals surface area contributed by atoms with E-state index in [0.717, 1.165) is 16.9 Å². The van der Waals surface area contributed by atoms with E-state index in [-0.39, 0.29) is 11.9 Å². The topological polar surface area (TPSA) is 54.0 Å². The molecule has 4 nitrogen and oxygen atoms in total. The molecule has 1 aromatic carbocycles. The highest BCUT2D eigenvalue weighted by Crippen LogP contribution is 2.20. The molecular weight excluding hydrogens is 250 g/mol. The van der Waals surface area contributed by atoms with Crippen molar-refractivity contribution in [3.8, 4) is 0 Å². The Morgan fingerprint density at radius 1 is 1.20 bits per heavy atom. The van der Waals surface area contributed by atoms with Gasteiger partial charge in [-0.2, -0.15) is 0 Å². The fraction of sp³-hybridized carbons (Fsp3) is 0.250. The Morgan fingerprint density at radius 3 is 2.65 bits per heavy atom. The van der Waals surface area contributed by atoms with Crippen LogP contribution in [-0.2, 0) is 0 Å². The van der Waals surface area contributed by atoms with E-state index in [1.54, 1.807) is 12.3 Å². The Labute approximate surface area is 119 Å². The van der Waals surface area contributed by atoms with E-state index in [2.05, 4.69) is 15.6 Å². The van der Waals surface area contributed by atoms with Crippen LogP contribution in [0.1, 0.15) is 29.9 Å². The molecule has 0 atom stereocenters.